The number of hydrogen-bond acceptors (Lipinski definition) is 3. The van der Waals surface area contributed by atoms with E-state index in [0.29, 0.717) is 6.42 Å². The van der Waals surface area contributed by atoms with Crippen LogP contribution in [-0.2, 0) is 4.74 Å². The lowest BCUT2D eigenvalue weighted by Crippen LogP contribution is -2.24. The van der Waals surface area contributed by atoms with Gasteiger partial charge >= 0.3 is 0 Å². The first kappa shape index (κ1) is 13.2. The summed E-state index contributed by atoms with van der Waals surface area (Å²) in [5, 5.41) is 9.19. The van der Waals surface area contributed by atoms with E-state index in [1.807, 2.05) is 30.3 Å². The Kier molecular flexibility index (Phi) is 4.50. The predicted octanol–water partition coefficient (Wildman–Crippen LogP) is 2.44. The Bertz CT molecular complexity index is 388. The van der Waals surface area contributed by atoms with Gasteiger partial charge in [-0.25, -0.2) is 0 Å². The fourth-order valence-electron chi connectivity index (χ4n) is 2.60. The molecule has 1 N–H and O–H groups in total. The Hall–Kier alpha value is -1.19. The number of Topliss-reactive ketones (excluding diaryl/α,β-unsaturated/α-hetero) is 1. The second-order valence-electron chi connectivity index (χ2n) is 4.84. The molecule has 1 aliphatic heterocycles. The number of ketones is 1. The summed E-state index contributed by atoms with van der Waals surface area (Å²) in [6.07, 6.45) is 2.27. The maximum atomic E-state index is 12.4. The molecule has 0 unspecified atom stereocenters. The van der Waals surface area contributed by atoms with Gasteiger partial charge in [0.2, 0.25) is 0 Å². The lowest BCUT2D eigenvalue weighted by molar-refractivity contribution is 0.00223. The summed E-state index contributed by atoms with van der Waals surface area (Å²) in [4.78, 5) is 12.4. The molecule has 0 saturated carbocycles. The largest absolute Gasteiger partial charge is 0.394 e. The first-order chi connectivity index (χ1) is 8.76. The number of carbonyl (C=O) groups excluding carboxylic acids is 1. The minimum atomic E-state index is -0.181. The summed E-state index contributed by atoms with van der Waals surface area (Å²) in [5.74, 6) is 0.0366. The highest BCUT2D eigenvalue weighted by Crippen LogP contribution is 2.32. The van der Waals surface area contributed by atoms with Crippen LogP contribution >= 0.6 is 0 Å². The van der Waals surface area contributed by atoms with Gasteiger partial charge in [-0.15, -0.1) is 0 Å². The summed E-state index contributed by atoms with van der Waals surface area (Å²) >= 11 is 0. The van der Waals surface area contributed by atoms with Crippen LogP contribution in [0.1, 0.15) is 36.5 Å². The zero-order valence-electron chi connectivity index (χ0n) is 10.7. The highest BCUT2D eigenvalue weighted by Gasteiger charge is 2.38. The molecule has 0 aromatic heterocycles. The molecule has 98 valence electrons. The fourth-order valence-corrected chi connectivity index (χ4v) is 2.60. The molecule has 3 heteroatoms. The lowest BCUT2D eigenvalue weighted by Gasteiger charge is -2.16. The first-order valence-corrected chi connectivity index (χ1v) is 6.61. The van der Waals surface area contributed by atoms with E-state index in [1.165, 1.54) is 0 Å². The SMILES string of the molecule is CCC[C@@H]1O[C@H](CO)C[C@H]1C(=O)c1ccccc1. The molecular weight excluding hydrogens is 228 g/mol. The highest BCUT2D eigenvalue weighted by molar-refractivity contribution is 5.98. The van der Waals surface area contributed by atoms with Gasteiger partial charge < -0.3 is 9.84 Å². The van der Waals surface area contributed by atoms with Crippen LogP contribution in [0.2, 0.25) is 0 Å². The Balaban J connectivity index is 2.12. The van der Waals surface area contributed by atoms with Gasteiger partial charge in [-0.3, -0.25) is 4.79 Å². The molecule has 0 spiro atoms. The molecule has 1 aromatic rings. The van der Waals surface area contributed by atoms with Gasteiger partial charge in [0.25, 0.3) is 0 Å². The summed E-state index contributed by atoms with van der Waals surface area (Å²) in [7, 11) is 0. The van der Waals surface area contributed by atoms with Gasteiger partial charge in [0.05, 0.1) is 24.7 Å². The van der Waals surface area contributed by atoms with E-state index in [0.717, 1.165) is 18.4 Å². The quantitative estimate of drug-likeness (QED) is 0.814. The Labute approximate surface area is 108 Å². The van der Waals surface area contributed by atoms with Crippen molar-refractivity contribution in [2.24, 2.45) is 5.92 Å². The molecule has 1 aromatic carbocycles. The van der Waals surface area contributed by atoms with Crippen LogP contribution < -0.4 is 0 Å². The second-order valence-corrected chi connectivity index (χ2v) is 4.84. The number of benzene rings is 1. The van der Waals surface area contributed by atoms with Crippen molar-refractivity contribution in [1.29, 1.82) is 0 Å². The standard InChI is InChI=1S/C15H20O3/c1-2-6-14-13(9-12(10-16)18-14)15(17)11-7-4-3-5-8-11/h3-5,7-8,12-14,16H,2,6,9-10H2,1H3/t12-,13+,14-/m0/s1. The van der Waals surface area contributed by atoms with E-state index < -0.39 is 0 Å². The molecule has 3 atom stereocenters. The van der Waals surface area contributed by atoms with Crippen molar-refractivity contribution in [3.05, 3.63) is 35.9 Å². The Morgan fingerprint density at radius 2 is 2.11 bits per heavy atom. The molecule has 0 radical (unpaired) electrons. The van der Waals surface area contributed by atoms with Crippen LogP contribution in [0.3, 0.4) is 0 Å². The average Bonchev–Trinajstić information content (AvgIpc) is 2.82. The summed E-state index contributed by atoms with van der Waals surface area (Å²) in [5.41, 5.74) is 0.741. The molecule has 1 heterocycles. The second kappa shape index (κ2) is 6.12. The van der Waals surface area contributed by atoms with Crippen molar-refractivity contribution < 1.29 is 14.6 Å². The Morgan fingerprint density at radius 1 is 1.39 bits per heavy atom. The highest BCUT2D eigenvalue weighted by atomic mass is 16.5. The monoisotopic (exact) mass is 248 g/mol. The number of ether oxygens (including phenoxy) is 1. The molecule has 18 heavy (non-hydrogen) atoms. The minimum Gasteiger partial charge on any atom is -0.394 e. The van der Waals surface area contributed by atoms with Crippen LogP contribution in [0.4, 0.5) is 0 Å². The van der Waals surface area contributed by atoms with Gasteiger partial charge in [-0.2, -0.15) is 0 Å². The Morgan fingerprint density at radius 3 is 2.72 bits per heavy atom. The van der Waals surface area contributed by atoms with Crippen molar-refractivity contribution >= 4 is 5.78 Å². The van der Waals surface area contributed by atoms with E-state index >= 15 is 0 Å². The topological polar surface area (TPSA) is 46.5 Å². The fraction of sp³-hybridized carbons (Fsp3) is 0.533. The van der Waals surface area contributed by atoms with Gasteiger partial charge in [-0.05, 0) is 12.8 Å². The molecule has 1 fully saturated rings. The van der Waals surface area contributed by atoms with Crippen molar-refractivity contribution in [1.82, 2.24) is 0 Å². The van der Waals surface area contributed by atoms with Gasteiger partial charge in [0.15, 0.2) is 5.78 Å². The molecule has 0 aliphatic carbocycles. The number of carbonyl (C=O) groups is 1. The molecule has 1 saturated heterocycles. The van der Waals surface area contributed by atoms with Crippen LogP contribution in [0, 0.1) is 5.92 Å². The summed E-state index contributed by atoms with van der Waals surface area (Å²) in [6, 6.07) is 9.35. The van der Waals surface area contributed by atoms with Crippen LogP contribution in [-0.4, -0.2) is 29.7 Å². The number of hydrogen-bond donors (Lipinski definition) is 1. The molecule has 3 nitrogen and oxygen atoms in total. The van der Waals surface area contributed by atoms with Crippen LogP contribution in [0.5, 0.6) is 0 Å². The third-order valence-electron chi connectivity index (χ3n) is 3.50. The van der Waals surface area contributed by atoms with Crippen LogP contribution in [0.15, 0.2) is 30.3 Å². The maximum absolute atomic E-state index is 12.4. The average molecular weight is 248 g/mol. The van der Waals surface area contributed by atoms with E-state index in [4.69, 9.17) is 4.74 Å². The summed E-state index contributed by atoms with van der Waals surface area (Å²) in [6.45, 7) is 2.08. The van der Waals surface area contributed by atoms with Crippen LogP contribution in [0.25, 0.3) is 0 Å². The zero-order valence-corrected chi connectivity index (χ0v) is 10.7. The number of aliphatic hydroxyl groups is 1. The molecule has 2 rings (SSSR count). The third kappa shape index (κ3) is 2.79. The molecule has 1 aliphatic rings. The van der Waals surface area contributed by atoms with E-state index in [1.54, 1.807) is 0 Å². The number of aliphatic hydroxyl groups excluding tert-OH is 1. The first-order valence-electron chi connectivity index (χ1n) is 6.61. The van der Waals surface area contributed by atoms with Crippen molar-refractivity contribution in [3.8, 4) is 0 Å². The van der Waals surface area contributed by atoms with Crippen molar-refractivity contribution in [3.63, 3.8) is 0 Å². The van der Waals surface area contributed by atoms with Gasteiger partial charge in [0.1, 0.15) is 0 Å². The maximum Gasteiger partial charge on any atom is 0.168 e. The third-order valence-corrected chi connectivity index (χ3v) is 3.50. The molecule has 0 bridgehead atoms. The number of rotatable bonds is 5. The van der Waals surface area contributed by atoms with Crippen molar-refractivity contribution in [2.75, 3.05) is 6.61 Å². The van der Waals surface area contributed by atoms with Crippen molar-refractivity contribution in [2.45, 2.75) is 38.4 Å². The predicted molar refractivity (Wildman–Crippen MR) is 69.5 cm³/mol. The normalized spacial score (nSPS) is 27.3. The molecule has 0 amide bonds. The molecular formula is C15H20O3. The van der Waals surface area contributed by atoms with Gasteiger partial charge in [0, 0.05) is 5.56 Å². The van der Waals surface area contributed by atoms with Gasteiger partial charge in [-0.1, -0.05) is 43.7 Å². The smallest absolute Gasteiger partial charge is 0.168 e. The minimum absolute atomic E-state index is 0.00121. The lowest BCUT2D eigenvalue weighted by atomic mass is 9.88. The van der Waals surface area contributed by atoms with E-state index in [2.05, 4.69) is 6.92 Å². The summed E-state index contributed by atoms with van der Waals surface area (Å²) < 4.78 is 5.74. The zero-order chi connectivity index (χ0) is 13.0. The van der Waals surface area contributed by atoms with E-state index in [9.17, 15) is 9.90 Å². The van der Waals surface area contributed by atoms with E-state index in [-0.39, 0.29) is 30.5 Å².